The highest BCUT2D eigenvalue weighted by atomic mass is 32.2. The summed E-state index contributed by atoms with van der Waals surface area (Å²) >= 11 is 1.35. The van der Waals surface area contributed by atoms with Crippen molar-refractivity contribution >= 4 is 23.4 Å². The van der Waals surface area contributed by atoms with Gasteiger partial charge in [-0.2, -0.15) is 0 Å². The number of nitrogens with two attached hydrogens (primary N) is 1. The average Bonchev–Trinajstić information content (AvgIpc) is 2.24. The zero-order chi connectivity index (χ0) is 12.9. The lowest BCUT2D eigenvalue weighted by molar-refractivity contribution is -0.138. The number of nitrogen functional groups attached to an aromatic ring is 1. The van der Waals surface area contributed by atoms with Gasteiger partial charge < -0.3 is 15.6 Å². The van der Waals surface area contributed by atoms with Crippen molar-refractivity contribution in [3.8, 4) is 5.75 Å². The van der Waals surface area contributed by atoms with Crippen LogP contribution in [0.25, 0.3) is 0 Å². The molecule has 0 bridgehead atoms. The summed E-state index contributed by atoms with van der Waals surface area (Å²) in [4.78, 5) is 10.9. The third-order valence-electron chi connectivity index (χ3n) is 2.19. The van der Waals surface area contributed by atoms with Crippen LogP contribution in [0.5, 0.6) is 5.75 Å². The van der Waals surface area contributed by atoms with E-state index in [1.54, 1.807) is 26.0 Å². The van der Waals surface area contributed by atoms with Crippen LogP contribution >= 0.6 is 11.8 Å². The fourth-order valence-corrected chi connectivity index (χ4v) is 1.92. The molecule has 0 aliphatic carbocycles. The zero-order valence-corrected chi connectivity index (χ0v) is 10.8. The van der Waals surface area contributed by atoms with Crippen LogP contribution in [-0.2, 0) is 4.79 Å². The van der Waals surface area contributed by atoms with E-state index in [4.69, 9.17) is 15.6 Å². The highest BCUT2D eigenvalue weighted by Gasteiger charge is 2.27. The predicted molar refractivity (Wildman–Crippen MR) is 70.5 cm³/mol. The summed E-state index contributed by atoms with van der Waals surface area (Å²) in [7, 11) is 0. The van der Waals surface area contributed by atoms with E-state index in [0.717, 1.165) is 0 Å². The van der Waals surface area contributed by atoms with E-state index in [1.165, 1.54) is 11.8 Å². The van der Waals surface area contributed by atoms with Gasteiger partial charge in [-0.15, -0.1) is 11.8 Å². The summed E-state index contributed by atoms with van der Waals surface area (Å²) in [5.41, 5.74) is 6.26. The monoisotopic (exact) mass is 255 g/mol. The van der Waals surface area contributed by atoms with Crippen molar-refractivity contribution in [2.24, 2.45) is 0 Å². The van der Waals surface area contributed by atoms with Gasteiger partial charge in [-0.1, -0.05) is 6.07 Å². The maximum absolute atomic E-state index is 10.9. The first kappa shape index (κ1) is 13.7. The molecule has 0 unspecified atom stereocenters. The van der Waals surface area contributed by atoms with Gasteiger partial charge in [-0.25, -0.2) is 0 Å². The van der Waals surface area contributed by atoms with Crippen LogP contribution < -0.4 is 10.5 Å². The fourth-order valence-electron chi connectivity index (χ4n) is 1.12. The minimum Gasteiger partial charge on any atom is -0.493 e. The van der Waals surface area contributed by atoms with E-state index in [9.17, 15) is 4.79 Å². The minimum atomic E-state index is -0.813. The third kappa shape index (κ3) is 4.56. The first-order chi connectivity index (χ1) is 7.92. The van der Waals surface area contributed by atoms with Gasteiger partial charge in [-0.3, -0.25) is 4.79 Å². The van der Waals surface area contributed by atoms with E-state index in [0.29, 0.717) is 23.8 Å². The van der Waals surface area contributed by atoms with E-state index in [-0.39, 0.29) is 0 Å². The van der Waals surface area contributed by atoms with Crippen LogP contribution in [0.2, 0.25) is 0 Å². The molecule has 1 aromatic carbocycles. The van der Waals surface area contributed by atoms with Gasteiger partial charge in [-0.05, 0) is 26.0 Å². The van der Waals surface area contributed by atoms with E-state index in [2.05, 4.69) is 0 Å². The van der Waals surface area contributed by atoms with Crippen LogP contribution in [0.3, 0.4) is 0 Å². The highest BCUT2D eigenvalue weighted by molar-refractivity contribution is 8.01. The Morgan fingerprint density at radius 3 is 2.82 bits per heavy atom. The summed E-state index contributed by atoms with van der Waals surface area (Å²) in [6.45, 7) is 3.83. The molecule has 1 aromatic rings. The maximum Gasteiger partial charge on any atom is 0.319 e. The molecule has 0 radical (unpaired) electrons. The number of ether oxygens (including phenoxy) is 1. The van der Waals surface area contributed by atoms with Crippen LogP contribution in [0.15, 0.2) is 24.3 Å². The normalized spacial score (nSPS) is 11.2. The van der Waals surface area contributed by atoms with Crippen molar-refractivity contribution in [1.82, 2.24) is 0 Å². The number of thioether (sulfide) groups is 1. The van der Waals surface area contributed by atoms with Gasteiger partial charge in [0.15, 0.2) is 0 Å². The molecule has 0 spiro atoms. The molecule has 4 nitrogen and oxygen atoms in total. The zero-order valence-electron chi connectivity index (χ0n) is 9.97. The van der Waals surface area contributed by atoms with Crippen LogP contribution in [-0.4, -0.2) is 28.2 Å². The van der Waals surface area contributed by atoms with Crippen molar-refractivity contribution in [3.63, 3.8) is 0 Å². The molecule has 3 N–H and O–H groups in total. The molecule has 0 atom stereocenters. The van der Waals surface area contributed by atoms with Crippen LogP contribution in [0, 0.1) is 0 Å². The van der Waals surface area contributed by atoms with Gasteiger partial charge in [0.2, 0.25) is 0 Å². The molecule has 17 heavy (non-hydrogen) atoms. The molecule has 0 heterocycles. The van der Waals surface area contributed by atoms with E-state index in [1.807, 2.05) is 12.1 Å². The second-order valence-corrected chi connectivity index (χ2v) is 5.80. The van der Waals surface area contributed by atoms with Crippen molar-refractivity contribution < 1.29 is 14.6 Å². The summed E-state index contributed by atoms with van der Waals surface area (Å²) in [5.74, 6) is 0.513. The molecule has 0 aliphatic rings. The van der Waals surface area contributed by atoms with Gasteiger partial charge in [0.05, 0.1) is 6.61 Å². The Kier molecular flexibility index (Phi) is 4.69. The third-order valence-corrected chi connectivity index (χ3v) is 3.46. The summed E-state index contributed by atoms with van der Waals surface area (Å²) in [6.07, 6.45) is 0. The number of carboxylic acids is 1. The first-order valence-electron chi connectivity index (χ1n) is 5.27. The van der Waals surface area contributed by atoms with Gasteiger partial charge in [0.25, 0.3) is 0 Å². The second-order valence-electron chi connectivity index (χ2n) is 4.08. The highest BCUT2D eigenvalue weighted by Crippen LogP contribution is 2.24. The SMILES string of the molecule is CC(C)(SCCOc1cccc(N)c1)C(=O)O. The lowest BCUT2D eigenvalue weighted by Crippen LogP contribution is -2.28. The Labute approximate surface area is 105 Å². The summed E-state index contributed by atoms with van der Waals surface area (Å²) < 4.78 is 4.69. The Hall–Kier alpha value is -1.36. The molecule has 0 amide bonds. The van der Waals surface area contributed by atoms with Crippen LogP contribution in [0.4, 0.5) is 5.69 Å². The molecule has 0 fully saturated rings. The minimum absolute atomic E-state index is 0.463. The Morgan fingerprint density at radius 2 is 2.24 bits per heavy atom. The van der Waals surface area contributed by atoms with E-state index < -0.39 is 10.7 Å². The van der Waals surface area contributed by atoms with Crippen molar-refractivity contribution in [1.29, 1.82) is 0 Å². The number of hydrogen-bond donors (Lipinski definition) is 2. The predicted octanol–water partition coefficient (Wildman–Crippen LogP) is 2.24. The maximum atomic E-state index is 10.9. The van der Waals surface area contributed by atoms with Gasteiger partial charge in [0.1, 0.15) is 10.5 Å². The number of anilines is 1. The number of rotatable bonds is 6. The smallest absolute Gasteiger partial charge is 0.319 e. The first-order valence-corrected chi connectivity index (χ1v) is 6.26. The number of carboxylic acid groups (broad SMARTS) is 1. The number of hydrogen-bond acceptors (Lipinski definition) is 4. The van der Waals surface area contributed by atoms with E-state index >= 15 is 0 Å². The average molecular weight is 255 g/mol. The Bertz CT molecular complexity index is 393. The molecule has 1 rings (SSSR count). The molecule has 0 saturated heterocycles. The topological polar surface area (TPSA) is 72.5 Å². The standard InChI is InChI=1S/C12H17NO3S/c1-12(2,11(14)15)17-7-6-16-10-5-3-4-9(13)8-10/h3-5,8H,6-7,13H2,1-2H3,(H,14,15). The Balaban J connectivity index is 2.32. The van der Waals surface area contributed by atoms with Gasteiger partial charge >= 0.3 is 5.97 Å². The Morgan fingerprint density at radius 1 is 1.53 bits per heavy atom. The van der Waals surface area contributed by atoms with Crippen LogP contribution in [0.1, 0.15) is 13.8 Å². The molecule has 5 heteroatoms. The van der Waals surface area contributed by atoms with Gasteiger partial charge in [0, 0.05) is 17.5 Å². The lowest BCUT2D eigenvalue weighted by Gasteiger charge is -2.18. The number of aliphatic carboxylic acids is 1. The number of benzene rings is 1. The molecule has 0 saturated carbocycles. The molecule has 94 valence electrons. The molecule has 0 aromatic heterocycles. The largest absolute Gasteiger partial charge is 0.493 e. The lowest BCUT2D eigenvalue weighted by atomic mass is 10.2. The molecular weight excluding hydrogens is 238 g/mol. The number of carbonyl (C=O) groups is 1. The molecular formula is C12H17NO3S. The summed E-state index contributed by atoms with van der Waals surface area (Å²) in [6, 6.07) is 7.17. The summed E-state index contributed by atoms with van der Waals surface area (Å²) in [5, 5.41) is 8.92. The van der Waals surface area contributed by atoms with Crippen molar-refractivity contribution in [3.05, 3.63) is 24.3 Å². The quantitative estimate of drug-likeness (QED) is 0.602. The second kappa shape index (κ2) is 5.82. The molecule has 0 aliphatic heterocycles. The van der Waals surface area contributed by atoms with Crippen molar-refractivity contribution in [2.45, 2.75) is 18.6 Å². The van der Waals surface area contributed by atoms with Crippen molar-refractivity contribution in [2.75, 3.05) is 18.1 Å². The fraction of sp³-hybridized carbons (Fsp3) is 0.417.